The standard InChI is InChI=1S/C20H35N5O2/c1-5-21-19(22-12-9-17-24-18(14(3)4)25-27-17)23-15-13-16(26-6-2)20(15)10-7-8-11-20/h14-16H,5-13H2,1-4H3,(H2,21,22,23). The number of hydrogen-bond donors (Lipinski definition) is 2. The fourth-order valence-electron chi connectivity index (χ4n) is 4.44. The summed E-state index contributed by atoms with van der Waals surface area (Å²) in [7, 11) is 0. The molecule has 2 N–H and O–H groups in total. The number of aromatic nitrogens is 2. The first kappa shape index (κ1) is 20.1. The van der Waals surface area contributed by atoms with Gasteiger partial charge in [0.15, 0.2) is 11.8 Å². The van der Waals surface area contributed by atoms with Crippen LogP contribution in [0.25, 0.3) is 0 Å². The van der Waals surface area contributed by atoms with Gasteiger partial charge in [-0.2, -0.15) is 4.98 Å². The molecule has 2 aliphatic carbocycles. The molecule has 1 spiro atoms. The number of guanidine groups is 1. The second-order valence-electron chi connectivity index (χ2n) is 8.03. The first-order valence-electron chi connectivity index (χ1n) is 10.6. The van der Waals surface area contributed by atoms with Gasteiger partial charge >= 0.3 is 0 Å². The van der Waals surface area contributed by atoms with Crippen molar-refractivity contribution in [3.63, 3.8) is 0 Å². The van der Waals surface area contributed by atoms with Gasteiger partial charge in [0.1, 0.15) is 0 Å². The second-order valence-corrected chi connectivity index (χ2v) is 8.03. The smallest absolute Gasteiger partial charge is 0.228 e. The predicted molar refractivity (Wildman–Crippen MR) is 106 cm³/mol. The topological polar surface area (TPSA) is 84.6 Å². The van der Waals surface area contributed by atoms with E-state index < -0.39 is 0 Å². The molecular weight excluding hydrogens is 342 g/mol. The summed E-state index contributed by atoms with van der Waals surface area (Å²) in [4.78, 5) is 9.16. The maximum absolute atomic E-state index is 6.02. The van der Waals surface area contributed by atoms with Crippen molar-refractivity contribution < 1.29 is 9.26 Å². The second kappa shape index (κ2) is 9.04. The van der Waals surface area contributed by atoms with Crippen LogP contribution < -0.4 is 10.6 Å². The van der Waals surface area contributed by atoms with Crippen LogP contribution in [-0.4, -0.2) is 47.9 Å². The van der Waals surface area contributed by atoms with Crippen LogP contribution in [0.5, 0.6) is 0 Å². The maximum Gasteiger partial charge on any atom is 0.228 e. The van der Waals surface area contributed by atoms with E-state index in [0.29, 0.717) is 36.4 Å². The molecule has 0 radical (unpaired) electrons. The van der Waals surface area contributed by atoms with Crippen LogP contribution in [0.3, 0.4) is 0 Å². The Kier molecular flexibility index (Phi) is 6.73. The molecule has 1 heterocycles. The first-order chi connectivity index (χ1) is 13.1. The molecular formula is C20H35N5O2. The maximum atomic E-state index is 6.02. The van der Waals surface area contributed by atoms with Crippen LogP contribution in [0.1, 0.15) is 77.4 Å². The molecule has 7 nitrogen and oxygen atoms in total. The van der Waals surface area contributed by atoms with E-state index in [1.165, 1.54) is 25.7 Å². The average Bonchev–Trinajstić information content (AvgIpc) is 3.32. The number of hydrogen-bond acceptors (Lipinski definition) is 5. The summed E-state index contributed by atoms with van der Waals surface area (Å²) in [6, 6.07) is 0.449. The van der Waals surface area contributed by atoms with Crippen LogP contribution in [0.4, 0.5) is 0 Å². The molecule has 2 fully saturated rings. The Labute approximate surface area is 162 Å². The van der Waals surface area contributed by atoms with Crippen molar-refractivity contribution in [2.75, 3.05) is 19.7 Å². The molecule has 152 valence electrons. The molecule has 0 aromatic carbocycles. The average molecular weight is 378 g/mol. The molecule has 0 bridgehead atoms. The summed E-state index contributed by atoms with van der Waals surface area (Å²) >= 11 is 0. The zero-order valence-electron chi connectivity index (χ0n) is 17.3. The van der Waals surface area contributed by atoms with Gasteiger partial charge in [0, 0.05) is 36.9 Å². The lowest BCUT2D eigenvalue weighted by molar-refractivity contribution is -0.125. The third-order valence-electron chi connectivity index (χ3n) is 5.94. The SMILES string of the molecule is CCNC(=NCCc1nc(C(C)C)no1)NC1CC(OCC)C12CCCC2. The predicted octanol–water partition coefficient (Wildman–Crippen LogP) is 3.03. The fourth-order valence-corrected chi connectivity index (χ4v) is 4.44. The molecule has 1 aromatic rings. The quantitative estimate of drug-likeness (QED) is 0.535. The van der Waals surface area contributed by atoms with Crippen molar-refractivity contribution in [3.8, 4) is 0 Å². The third-order valence-corrected chi connectivity index (χ3v) is 5.94. The number of rotatable bonds is 8. The molecule has 7 heteroatoms. The van der Waals surface area contributed by atoms with Crippen molar-refractivity contribution in [2.45, 2.75) is 84.3 Å². The van der Waals surface area contributed by atoms with Crippen LogP contribution in [-0.2, 0) is 11.2 Å². The highest BCUT2D eigenvalue weighted by molar-refractivity contribution is 5.80. The Hall–Kier alpha value is -1.63. The number of aliphatic imine (C=N–C) groups is 1. The molecule has 2 saturated carbocycles. The van der Waals surface area contributed by atoms with Crippen molar-refractivity contribution >= 4 is 5.96 Å². The Balaban J connectivity index is 1.57. The van der Waals surface area contributed by atoms with Gasteiger partial charge in [-0.25, -0.2) is 0 Å². The highest BCUT2D eigenvalue weighted by Gasteiger charge is 2.56. The van der Waals surface area contributed by atoms with Crippen molar-refractivity contribution in [2.24, 2.45) is 10.4 Å². The van der Waals surface area contributed by atoms with Gasteiger partial charge in [-0.15, -0.1) is 0 Å². The van der Waals surface area contributed by atoms with E-state index in [9.17, 15) is 0 Å². The fraction of sp³-hybridized carbons (Fsp3) is 0.850. The lowest BCUT2D eigenvalue weighted by Gasteiger charge is -2.54. The largest absolute Gasteiger partial charge is 0.378 e. The van der Waals surface area contributed by atoms with Gasteiger partial charge < -0.3 is 19.9 Å². The van der Waals surface area contributed by atoms with Crippen LogP contribution in [0, 0.1) is 5.41 Å². The molecule has 0 amide bonds. The summed E-state index contributed by atoms with van der Waals surface area (Å²) in [5.41, 5.74) is 0.296. The van der Waals surface area contributed by atoms with Gasteiger partial charge in [0.2, 0.25) is 5.89 Å². The Morgan fingerprint density at radius 2 is 2.11 bits per heavy atom. The number of nitrogens with zero attached hydrogens (tertiary/aromatic N) is 3. The van der Waals surface area contributed by atoms with Crippen molar-refractivity contribution in [1.29, 1.82) is 0 Å². The van der Waals surface area contributed by atoms with E-state index >= 15 is 0 Å². The van der Waals surface area contributed by atoms with Gasteiger partial charge in [0.05, 0.1) is 12.6 Å². The zero-order valence-corrected chi connectivity index (χ0v) is 17.3. The molecule has 3 rings (SSSR count). The summed E-state index contributed by atoms with van der Waals surface area (Å²) in [5.74, 6) is 2.58. The van der Waals surface area contributed by atoms with Crippen LogP contribution in [0.15, 0.2) is 9.52 Å². The third kappa shape index (κ3) is 4.45. The Morgan fingerprint density at radius 1 is 1.33 bits per heavy atom. The Morgan fingerprint density at radius 3 is 2.74 bits per heavy atom. The van der Waals surface area contributed by atoms with E-state index in [0.717, 1.165) is 31.4 Å². The highest BCUT2D eigenvalue weighted by atomic mass is 16.5. The van der Waals surface area contributed by atoms with Gasteiger partial charge in [-0.3, -0.25) is 4.99 Å². The summed E-state index contributed by atoms with van der Waals surface area (Å²) in [6.45, 7) is 10.6. The Bertz CT molecular complexity index is 622. The lowest BCUT2D eigenvalue weighted by Crippen LogP contribution is -2.65. The summed E-state index contributed by atoms with van der Waals surface area (Å²) in [6.07, 6.45) is 7.27. The zero-order chi connectivity index (χ0) is 19.3. The van der Waals surface area contributed by atoms with Crippen LogP contribution >= 0.6 is 0 Å². The summed E-state index contributed by atoms with van der Waals surface area (Å²) in [5, 5.41) is 11.1. The molecule has 1 aromatic heterocycles. The highest BCUT2D eigenvalue weighted by Crippen LogP contribution is 2.54. The van der Waals surface area contributed by atoms with Gasteiger partial charge in [-0.05, 0) is 33.1 Å². The summed E-state index contributed by atoms with van der Waals surface area (Å²) < 4.78 is 11.3. The first-order valence-corrected chi connectivity index (χ1v) is 10.6. The molecule has 0 aliphatic heterocycles. The van der Waals surface area contributed by atoms with Gasteiger partial charge in [-0.1, -0.05) is 31.8 Å². The van der Waals surface area contributed by atoms with E-state index in [2.05, 4.69) is 48.5 Å². The minimum absolute atomic E-state index is 0.282. The molecule has 2 unspecified atom stereocenters. The molecule has 2 aliphatic rings. The van der Waals surface area contributed by atoms with Crippen molar-refractivity contribution in [3.05, 3.63) is 11.7 Å². The minimum Gasteiger partial charge on any atom is -0.378 e. The van der Waals surface area contributed by atoms with Crippen LogP contribution in [0.2, 0.25) is 0 Å². The van der Waals surface area contributed by atoms with E-state index in [4.69, 9.17) is 14.3 Å². The van der Waals surface area contributed by atoms with E-state index in [1.807, 2.05) is 0 Å². The molecule has 2 atom stereocenters. The molecule has 27 heavy (non-hydrogen) atoms. The van der Waals surface area contributed by atoms with Crippen molar-refractivity contribution in [1.82, 2.24) is 20.8 Å². The van der Waals surface area contributed by atoms with E-state index in [1.54, 1.807) is 0 Å². The lowest BCUT2D eigenvalue weighted by atomic mass is 9.60. The number of nitrogens with one attached hydrogen (secondary N) is 2. The van der Waals surface area contributed by atoms with E-state index in [-0.39, 0.29) is 5.92 Å². The van der Waals surface area contributed by atoms with Gasteiger partial charge in [0.25, 0.3) is 0 Å². The monoisotopic (exact) mass is 377 g/mol. The molecule has 0 saturated heterocycles. The minimum atomic E-state index is 0.282. The normalized spacial score (nSPS) is 24.4. The number of ether oxygens (including phenoxy) is 1.